The summed E-state index contributed by atoms with van der Waals surface area (Å²) in [6.07, 6.45) is 1.20. The van der Waals surface area contributed by atoms with Crippen LogP contribution in [0, 0.1) is 25.2 Å². The molecule has 0 saturated heterocycles. The molecule has 0 aliphatic carbocycles. The highest BCUT2D eigenvalue weighted by Crippen LogP contribution is 2.18. The second kappa shape index (κ2) is 7.48. The molecule has 0 bridgehead atoms. The lowest BCUT2D eigenvalue weighted by molar-refractivity contribution is -0.116. The minimum atomic E-state index is -0.728. The first-order valence-electron chi connectivity index (χ1n) is 9.59. The molecule has 3 aromatic rings. The largest absolute Gasteiger partial charge is 0.331 e. The molecule has 1 aromatic carbocycles. The van der Waals surface area contributed by atoms with Gasteiger partial charge in [0.2, 0.25) is 5.91 Å². The molecule has 1 aliphatic heterocycles. The van der Waals surface area contributed by atoms with Crippen LogP contribution >= 0.6 is 0 Å². The molecule has 1 N–H and O–H groups in total. The van der Waals surface area contributed by atoms with E-state index in [1.807, 2.05) is 37.3 Å². The lowest BCUT2D eigenvalue weighted by Crippen LogP contribution is -2.44. The van der Waals surface area contributed by atoms with E-state index in [4.69, 9.17) is 0 Å². The minimum Gasteiger partial charge on any atom is -0.309 e. The van der Waals surface area contributed by atoms with Crippen molar-refractivity contribution in [2.75, 3.05) is 5.32 Å². The number of anilines is 1. The van der Waals surface area contributed by atoms with Crippen LogP contribution in [0.5, 0.6) is 0 Å². The first kappa shape index (κ1) is 19.4. The highest BCUT2D eigenvalue weighted by atomic mass is 16.2. The van der Waals surface area contributed by atoms with Crippen LogP contribution in [0.25, 0.3) is 5.69 Å². The third kappa shape index (κ3) is 3.33. The van der Waals surface area contributed by atoms with Crippen molar-refractivity contribution in [1.29, 1.82) is 5.26 Å². The molecule has 0 unspecified atom stereocenters. The molecular weight excluding hydrogens is 384 g/mol. The molecule has 152 valence electrons. The summed E-state index contributed by atoms with van der Waals surface area (Å²) in [6.45, 7) is 3.73. The van der Waals surface area contributed by atoms with E-state index < -0.39 is 23.7 Å². The van der Waals surface area contributed by atoms with E-state index in [-0.39, 0.29) is 5.56 Å². The summed E-state index contributed by atoms with van der Waals surface area (Å²) in [4.78, 5) is 38.0. The lowest BCUT2D eigenvalue weighted by atomic mass is 10.2. The Morgan fingerprint density at radius 1 is 1.23 bits per heavy atom. The van der Waals surface area contributed by atoms with Gasteiger partial charge in [0, 0.05) is 18.3 Å². The maximum absolute atomic E-state index is 12.7. The lowest BCUT2D eigenvalue weighted by Gasteiger charge is -2.12. The Morgan fingerprint density at radius 2 is 1.97 bits per heavy atom. The fourth-order valence-corrected chi connectivity index (χ4v) is 3.69. The third-order valence-corrected chi connectivity index (χ3v) is 5.12. The summed E-state index contributed by atoms with van der Waals surface area (Å²) in [5.41, 5.74) is 1.66. The van der Waals surface area contributed by atoms with Gasteiger partial charge in [-0.25, -0.2) is 14.0 Å². The molecule has 0 saturated carbocycles. The summed E-state index contributed by atoms with van der Waals surface area (Å²) in [7, 11) is 0. The van der Waals surface area contributed by atoms with Gasteiger partial charge in [0.1, 0.15) is 24.0 Å². The maximum atomic E-state index is 12.7. The molecule has 30 heavy (non-hydrogen) atoms. The average Bonchev–Trinajstić information content (AvgIpc) is 3.33. The summed E-state index contributed by atoms with van der Waals surface area (Å²) >= 11 is 0. The highest BCUT2D eigenvalue weighted by molar-refractivity contribution is 5.90. The topological polar surface area (TPSA) is 115 Å². The Balaban J connectivity index is 1.65. The molecule has 1 amide bonds. The predicted molar refractivity (Wildman–Crippen MR) is 110 cm³/mol. The number of benzene rings is 1. The van der Waals surface area contributed by atoms with Gasteiger partial charge in [-0.3, -0.25) is 14.2 Å². The monoisotopic (exact) mass is 404 g/mol. The fourth-order valence-electron chi connectivity index (χ4n) is 3.69. The number of hydrogen-bond donors (Lipinski definition) is 1. The minimum absolute atomic E-state index is 0.0690. The van der Waals surface area contributed by atoms with Crippen molar-refractivity contribution in [3.63, 3.8) is 0 Å². The first-order valence-corrected chi connectivity index (χ1v) is 9.59. The van der Waals surface area contributed by atoms with Gasteiger partial charge < -0.3 is 5.32 Å². The number of amides is 1. The summed E-state index contributed by atoms with van der Waals surface area (Å²) in [5.74, 6) is -0.124. The Labute approximate surface area is 171 Å². The summed E-state index contributed by atoms with van der Waals surface area (Å²) in [5, 5.41) is 16.5. The van der Waals surface area contributed by atoms with Crippen molar-refractivity contribution in [3.05, 3.63) is 73.7 Å². The van der Waals surface area contributed by atoms with Gasteiger partial charge in [0.25, 0.3) is 5.56 Å². The van der Waals surface area contributed by atoms with Crippen molar-refractivity contribution in [2.45, 2.75) is 39.8 Å². The van der Waals surface area contributed by atoms with E-state index >= 15 is 0 Å². The standard InChI is InChI=1S/C21H20N6O3/c1-13-5-7-15(8-6-13)27-18(10-14(2)24-27)23-19(28)12-26-20(29)16(11-22)17-4-3-9-25(17)21(26)30/h5-8,10H,3-4,9,12H2,1-2H3,(H,23,28). The summed E-state index contributed by atoms with van der Waals surface area (Å²) in [6, 6.07) is 11.2. The smallest absolute Gasteiger partial charge is 0.309 e. The van der Waals surface area contributed by atoms with E-state index in [0.717, 1.165) is 15.8 Å². The molecule has 0 atom stereocenters. The molecule has 0 fully saturated rings. The number of nitriles is 1. The SMILES string of the molecule is Cc1ccc(-n2nc(C)cc2NC(=O)Cn2c(=O)c(C#N)c3n(c2=O)CCC3)cc1. The van der Waals surface area contributed by atoms with Crippen molar-refractivity contribution >= 4 is 11.7 Å². The van der Waals surface area contributed by atoms with E-state index in [2.05, 4.69) is 10.4 Å². The van der Waals surface area contributed by atoms with Gasteiger partial charge in [-0.1, -0.05) is 17.7 Å². The molecule has 3 heterocycles. The first-order chi connectivity index (χ1) is 14.4. The molecule has 4 rings (SSSR count). The van der Waals surface area contributed by atoms with E-state index in [1.165, 1.54) is 4.57 Å². The van der Waals surface area contributed by atoms with Crippen molar-refractivity contribution < 1.29 is 4.79 Å². The molecule has 9 nitrogen and oxygen atoms in total. The highest BCUT2D eigenvalue weighted by Gasteiger charge is 2.23. The Hall–Kier alpha value is -3.93. The number of rotatable bonds is 4. The number of carbonyl (C=O) groups is 1. The van der Waals surface area contributed by atoms with Crippen LogP contribution in [0.4, 0.5) is 5.82 Å². The average molecular weight is 404 g/mol. The molecule has 2 aromatic heterocycles. The van der Waals surface area contributed by atoms with Crippen LogP contribution in [0.1, 0.15) is 28.9 Å². The molecular formula is C21H20N6O3. The van der Waals surface area contributed by atoms with Gasteiger partial charge in [0.05, 0.1) is 11.4 Å². The van der Waals surface area contributed by atoms with E-state index in [1.54, 1.807) is 17.7 Å². The zero-order chi connectivity index (χ0) is 21.4. The number of nitrogens with zero attached hydrogens (tertiary/aromatic N) is 5. The Kier molecular flexibility index (Phi) is 4.83. The van der Waals surface area contributed by atoms with E-state index in [0.29, 0.717) is 36.6 Å². The molecule has 0 spiro atoms. The van der Waals surface area contributed by atoms with Crippen LogP contribution in [0.3, 0.4) is 0 Å². The summed E-state index contributed by atoms with van der Waals surface area (Å²) < 4.78 is 3.82. The van der Waals surface area contributed by atoms with Crippen LogP contribution in [0.2, 0.25) is 0 Å². The van der Waals surface area contributed by atoms with Crippen molar-refractivity contribution in [2.24, 2.45) is 0 Å². The van der Waals surface area contributed by atoms with Crippen LogP contribution in [0.15, 0.2) is 39.9 Å². The predicted octanol–water partition coefficient (Wildman–Crippen LogP) is 1.27. The zero-order valence-corrected chi connectivity index (χ0v) is 16.7. The zero-order valence-electron chi connectivity index (χ0n) is 16.7. The Bertz CT molecular complexity index is 1300. The second-order valence-electron chi connectivity index (χ2n) is 7.33. The van der Waals surface area contributed by atoms with Gasteiger partial charge in [0.15, 0.2) is 0 Å². The third-order valence-electron chi connectivity index (χ3n) is 5.12. The fraction of sp³-hybridized carbons (Fsp3) is 0.286. The number of carbonyl (C=O) groups excluding carboxylic acids is 1. The number of nitrogens with one attached hydrogen (secondary N) is 1. The van der Waals surface area contributed by atoms with Gasteiger partial charge >= 0.3 is 5.69 Å². The normalized spacial score (nSPS) is 12.4. The number of aryl methyl sites for hydroxylation is 2. The van der Waals surface area contributed by atoms with Gasteiger partial charge in [-0.2, -0.15) is 10.4 Å². The molecule has 0 radical (unpaired) electrons. The van der Waals surface area contributed by atoms with Crippen LogP contribution < -0.4 is 16.6 Å². The number of hydrogen-bond acceptors (Lipinski definition) is 5. The second-order valence-corrected chi connectivity index (χ2v) is 7.33. The number of aromatic nitrogens is 4. The van der Waals surface area contributed by atoms with Gasteiger partial charge in [-0.05, 0) is 38.8 Å². The quantitative estimate of drug-likeness (QED) is 0.703. The van der Waals surface area contributed by atoms with Crippen molar-refractivity contribution in [1.82, 2.24) is 18.9 Å². The molecule has 9 heteroatoms. The van der Waals surface area contributed by atoms with Gasteiger partial charge in [-0.15, -0.1) is 0 Å². The van der Waals surface area contributed by atoms with Crippen molar-refractivity contribution in [3.8, 4) is 11.8 Å². The van der Waals surface area contributed by atoms with Crippen LogP contribution in [-0.2, 0) is 24.3 Å². The van der Waals surface area contributed by atoms with Crippen LogP contribution in [-0.4, -0.2) is 24.8 Å². The van der Waals surface area contributed by atoms with E-state index in [9.17, 15) is 19.6 Å². The molecule has 1 aliphatic rings. The maximum Gasteiger partial charge on any atom is 0.331 e. The number of fused-ring (bicyclic) bond motifs is 1. The Morgan fingerprint density at radius 3 is 2.67 bits per heavy atom.